The number of esters is 3. The van der Waals surface area contributed by atoms with E-state index in [0.29, 0.717) is 12.8 Å². The zero-order valence-electron chi connectivity index (χ0n) is 50.1. The largest absolute Gasteiger partial charge is 0.462 e. The third-order valence-electron chi connectivity index (χ3n) is 12.8. The molecule has 78 heavy (non-hydrogen) atoms. The van der Waals surface area contributed by atoms with E-state index in [1.165, 1.54) is 64.2 Å². The molecule has 0 bridgehead atoms. The van der Waals surface area contributed by atoms with E-state index in [4.69, 9.17) is 14.2 Å². The van der Waals surface area contributed by atoms with Crippen molar-refractivity contribution in [1.29, 1.82) is 0 Å². The fraction of sp³-hybridized carbons (Fsp3) is 0.597. The Morgan fingerprint density at radius 3 is 0.795 bits per heavy atom. The second kappa shape index (κ2) is 64.6. The molecule has 0 aliphatic heterocycles. The molecule has 0 aliphatic carbocycles. The maximum absolute atomic E-state index is 12.8. The molecule has 6 nitrogen and oxygen atoms in total. The molecule has 0 radical (unpaired) electrons. The van der Waals surface area contributed by atoms with Gasteiger partial charge in [-0.3, -0.25) is 14.4 Å². The number of rotatable bonds is 55. The molecule has 0 amide bonds. The van der Waals surface area contributed by atoms with E-state index in [1.807, 2.05) is 0 Å². The van der Waals surface area contributed by atoms with E-state index in [-0.39, 0.29) is 37.5 Å². The Morgan fingerprint density at radius 1 is 0.269 bits per heavy atom. The van der Waals surface area contributed by atoms with Crippen LogP contribution in [0, 0.1) is 0 Å². The molecule has 438 valence electrons. The van der Waals surface area contributed by atoms with Crippen molar-refractivity contribution in [3.63, 3.8) is 0 Å². The summed E-state index contributed by atoms with van der Waals surface area (Å²) in [5.41, 5.74) is 0. The van der Waals surface area contributed by atoms with Crippen LogP contribution in [0.3, 0.4) is 0 Å². The Morgan fingerprint density at radius 2 is 0.500 bits per heavy atom. The molecule has 0 spiro atoms. The maximum atomic E-state index is 12.8. The molecule has 0 saturated carbocycles. The van der Waals surface area contributed by atoms with Gasteiger partial charge in [-0.25, -0.2) is 0 Å². The van der Waals surface area contributed by atoms with Gasteiger partial charge in [-0.2, -0.15) is 0 Å². The quantitative estimate of drug-likeness (QED) is 0.0261. The first-order valence-electron chi connectivity index (χ1n) is 31.5. The normalized spacial score (nSPS) is 13.2. The van der Waals surface area contributed by atoms with Gasteiger partial charge in [-0.15, -0.1) is 0 Å². The minimum absolute atomic E-state index is 0.0973. The van der Waals surface area contributed by atoms with Crippen molar-refractivity contribution in [2.75, 3.05) is 13.2 Å². The summed E-state index contributed by atoms with van der Waals surface area (Å²) in [7, 11) is 0. The highest BCUT2D eigenvalue weighted by molar-refractivity contribution is 5.71. The van der Waals surface area contributed by atoms with Crippen LogP contribution >= 0.6 is 0 Å². The van der Waals surface area contributed by atoms with E-state index < -0.39 is 6.10 Å². The molecule has 0 aliphatic rings. The lowest BCUT2D eigenvalue weighted by Crippen LogP contribution is -2.30. The Hall–Kier alpha value is -4.97. The van der Waals surface area contributed by atoms with Crippen LogP contribution in [0.1, 0.15) is 258 Å². The number of allylic oxidation sites excluding steroid dienone is 26. The predicted octanol–water partition coefficient (Wildman–Crippen LogP) is 21.7. The maximum Gasteiger partial charge on any atom is 0.306 e. The first-order valence-corrected chi connectivity index (χ1v) is 31.5. The van der Waals surface area contributed by atoms with E-state index in [1.54, 1.807) is 0 Å². The highest BCUT2D eigenvalue weighted by Crippen LogP contribution is 2.14. The van der Waals surface area contributed by atoms with Gasteiger partial charge in [-0.05, 0) is 128 Å². The van der Waals surface area contributed by atoms with Crippen LogP contribution < -0.4 is 0 Å². The standard InChI is InChI=1S/C72H114O6/c1-4-7-10-13-16-18-20-22-24-26-28-29-30-31-32-33-34-35-36-37-38-39-40-41-42-43-45-46-48-50-52-54-56-59-62-65-71(74)77-68-69(67-76-70(73)64-61-58-15-12-9-6-3)78-72(75)66-63-60-57-55-53-51-49-47-44-27-25-23-21-19-17-14-11-8-5-2/h7-8,10-11,16-19,22-25,28-29,31-32,34-35,37-38,40-41,44,47,51,53,69H,4-6,9,12-15,20-21,26-27,30,33,36,39,42-43,45-46,48-50,52,54-68H2,1-3H3/b10-7-,11-8-,18-16-,19-17-,24-22-,25-23-,29-28-,32-31-,35-34-,38-37-,41-40-,47-44-,53-51-. The monoisotopic (exact) mass is 1070 g/mol. The molecule has 0 aromatic heterocycles. The Bertz CT molecular complexity index is 1760. The van der Waals surface area contributed by atoms with Crippen molar-refractivity contribution < 1.29 is 28.6 Å². The van der Waals surface area contributed by atoms with Gasteiger partial charge in [0.05, 0.1) is 0 Å². The Balaban J connectivity index is 4.14. The summed E-state index contributed by atoms with van der Waals surface area (Å²) in [6.45, 7) is 6.31. The zero-order valence-corrected chi connectivity index (χ0v) is 50.1. The summed E-state index contributed by atoms with van der Waals surface area (Å²) in [6.07, 6.45) is 94.3. The Labute approximate surface area is 480 Å². The summed E-state index contributed by atoms with van der Waals surface area (Å²) >= 11 is 0. The highest BCUT2D eigenvalue weighted by Gasteiger charge is 2.19. The fourth-order valence-corrected chi connectivity index (χ4v) is 8.13. The summed E-state index contributed by atoms with van der Waals surface area (Å²) in [5.74, 6) is -0.949. The van der Waals surface area contributed by atoms with Crippen molar-refractivity contribution in [3.8, 4) is 0 Å². The second-order valence-electron chi connectivity index (χ2n) is 20.2. The number of hydrogen-bond donors (Lipinski definition) is 0. The fourth-order valence-electron chi connectivity index (χ4n) is 8.13. The minimum Gasteiger partial charge on any atom is -0.462 e. The van der Waals surface area contributed by atoms with Crippen LogP contribution in [0.25, 0.3) is 0 Å². The molecular formula is C72H114O6. The molecular weight excluding hydrogens is 961 g/mol. The number of hydrogen-bond acceptors (Lipinski definition) is 6. The molecule has 6 heteroatoms. The summed E-state index contributed by atoms with van der Waals surface area (Å²) < 4.78 is 16.7. The lowest BCUT2D eigenvalue weighted by atomic mass is 10.1. The summed E-state index contributed by atoms with van der Waals surface area (Å²) in [5, 5.41) is 0. The SMILES string of the molecule is CC/C=C\C/C=C\C/C=C\C/C=C\C/C=C\C/C=C\C/C=C\C/C=C\CCCCCCCCCCCCC(=O)OCC(COC(=O)CCCCCCCC)OC(=O)CCCCC/C=C\C/C=C\C/C=C\C/C=C\C/C=C\CC. The molecule has 0 N–H and O–H groups in total. The average Bonchev–Trinajstić information content (AvgIpc) is 3.44. The second-order valence-corrected chi connectivity index (χ2v) is 20.2. The van der Waals surface area contributed by atoms with Crippen molar-refractivity contribution in [3.05, 3.63) is 158 Å². The van der Waals surface area contributed by atoms with Crippen molar-refractivity contribution >= 4 is 17.9 Å². The van der Waals surface area contributed by atoms with Crippen LogP contribution in [0.2, 0.25) is 0 Å². The van der Waals surface area contributed by atoms with Crippen LogP contribution in [-0.2, 0) is 28.6 Å². The molecule has 0 aromatic rings. The van der Waals surface area contributed by atoms with E-state index in [9.17, 15) is 14.4 Å². The highest BCUT2D eigenvalue weighted by atomic mass is 16.6. The topological polar surface area (TPSA) is 78.9 Å². The van der Waals surface area contributed by atoms with Crippen molar-refractivity contribution in [1.82, 2.24) is 0 Å². The van der Waals surface area contributed by atoms with Crippen LogP contribution in [-0.4, -0.2) is 37.2 Å². The number of ether oxygens (including phenoxy) is 3. The molecule has 0 rings (SSSR count). The predicted molar refractivity (Wildman–Crippen MR) is 338 cm³/mol. The smallest absolute Gasteiger partial charge is 0.306 e. The molecule has 0 heterocycles. The third kappa shape index (κ3) is 61.9. The lowest BCUT2D eigenvalue weighted by molar-refractivity contribution is -0.167. The minimum atomic E-state index is -0.800. The van der Waals surface area contributed by atoms with E-state index in [0.717, 1.165) is 154 Å². The first kappa shape index (κ1) is 73.0. The van der Waals surface area contributed by atoms with E-state index in [2.05, 4.69) is 179 Å². The summed E-state index contributed by atoms with van der Waals surface area (Å²) in [4.78, 5) is 38.0. The number of unbranched alkanes of at least 4 members (excludes halogenated alkanes) is 18. The molecule has 1 unspecified atom stereocenters. The molecule has 1 atom stereocenters. The van der Waals surface area contributed by atoms with Gasteiger partial charge in [0, 0.05) is 19.3 Å². The van der Waals surface area contributed by atoms with Gasteiger partial charge in [0.25, 0.3) is 0 Å². The Kier molecular flexibility index (Phi) is 60.4. The van der Waals surface area contributed by atoms with E-state index >= 15 is 0 Å². The molecule has 0 aromatic carbocycles. The van der Waals surface area contributed by atoms with Gasteiger partial charge in [-0.1, -0.05) is 269 Å². The van der Waals surface area contributed by atoms with Crippen LogP contribution in [0.4, 0.5) is 0 Å². The van der Waals surface area contributed by atoms with Gasteiger partial charge < -0.3 is 14.2 Å². The lowest BCUT2D eigenvalue weighted by Gasteiger charge is -2.18. The molecule has 0 saturated heterocycles. The number of carbonyl (C=O) groups is 3. The van der Waals surface area contributed by atoms with Crippen LogP contribution in [0.15, 0.2) is 158 Å². The van der Waals surface area contributed by atoms with Gasteiger partial charge in [0.1, 0.15) is 13.2 Å². The van der Waals surface area contributed by atoms with Gasteiger partial charge in [0.15, 0.2) is 6.10 Å². The van der Waals surface area contributed by atoms with Crippen molar-refractivity contribution in [2.45, 2.75) is 264 Å². The van der Waals surface area contributed by atoms with Crippen molar-refractivity contribution in [2.24, 2.45) is 0 Å². The zero-order chi connectivity index (χ0) is 56.4. The number of carbonyl (C=O) groups excluding carboxylic acids is 3. The third-order valence-corrected chi connectivity index (χ3v) is 12.8. The molecule has 0 fully saturated rings. The summed E-state index contributed by atoms with van der Waals surface area (Å²) in [6, 6.07) is 0. The van der Waals surface area contributed by atoms with Crippen LogP contribution in [0.5, 0.6) is 0 Å². The average molecular weight is 1080 g/mol. The first-order chi connectivity index (χ1) is 38.5. The van der Waals surface area contributed by atoms with Gasteiger partial charge in [0.2, 0.25) is 0 Å². The van der Waals surface area contributed by atoms with Gasteiger partial charge >= 0.3 is 17.9 Å².